The van der Waals surface area contributed by atoms with E-state index >= 15 is 0 Å². The van der Waals surface area contributed by atoms with Gasteiger partial charge in [-0.3, -0.25) is 9.69 Å². The Morgan fingerprint density at radius 3 is 2.27 bits per heavy atom. The number of ketones is 1. The van der Waals surface area contributed by atoms with Crippen LogP contribution in [0.25, 0.3) is 0 Å². The Kier molecular flexibility index (Phi) is 4.55. The summed E-state index contributed by atoms with van der Waals surface area (Å²) in [5, 5.41) is 0. The van der Waals surface area contributed by atoms with E-state index in [1.54, 1.807) is 18.7 Å². The Bertz CT molecular complexity index is 235. The summed E-state index contributed by atoms with van der Waals surface area (Å²) in [5.74, 6) is 0.166. The van der Waals surface area contributed by atoms with Gasteiger partial charge in [0, 0.05) is 26.2 Å². The minimum absolute atomic E-state index is 0.166. The first kappa shape index (κ1) is 12.0. The molecule has 1 saturated heterocycles. The van der Waals surface area contributed by atoms with Crippen molar-refractivity contribution in [3.63, 3.8) is 0 Å². The number of carbonyl (C=O) groups excluding carboxylic acids is 2. The summed E-state index contributed by atoms with van der Waals surface area (Å²) in [6.07, 6.45) is -0.250. The molecule has 0 N–H and O–H groups in total. The number of piperazine rings is 1. The van der Waals surface area contributed by atoms with Gasteiger partial charge in [0.15, 0.2) is 0 Å². The van der Waals surface area contributed by atoms with E-state index in [2.05, 4.69) is 4.90 Å². The highest BCUT2D eigenvalue weighted by Crippen LogP contribution is 2.03. The van der Waals surface area contributed by atoms with Crippen molar-refractivity contribution in [3.05, 3.63) is 0 Å². The molecule has 1 amide bonds. The average Bonchev–Trinajstić information content (AvgIpc) is 2.18. The molecule has 1 aliphatic heterocycles. The summed E-state index contributed by atoms with van der Waals surface area (Å²) < 4.78 is 4.90. The zero-order valence-corrected chi connectivity index (χ0v) is 9.36. The maximum absolute atomic E-state index is 11.3. The van der Waals surface area contributed by atoms with Crippen LogP contribution in [0.4, 0.5) is 4.79 Å². The van der Waals surface area contributed by atoms with E-state index in [1.165, 1.54) is 0 Å². The monoisotopic (exact) mass is 214 g/mol. The fraction of sp³-hybridized carbons (Fsp3) is 0.800. The summed E-state index contributed by atoms with van der Waals surface area (Å²) in [7, 11) is 0. The normalized spacial score (nSPS) is 17.6. The highest BCUT2D eigenvalue weighted by Gasteiger charge is 2.21. The molecule has 0 aromatic heterocycles. The van der Waals surface area contributed by atoms with Gasteiger partial charge in [0.25, 0.3) is 0 Å². The lowest BCUT2D eigenvalue weighted by molar-refractivity contribution is -0.118. The highest BCUT2D eigenvalue weighted by atomic mass is 16.6. The average molecular weight is 214 g/mol. The van der Waals surface area contributed by atoms with Gasteiger partial charge in [-0.15, -0.1) is 0 Å². The Morgan fingerprint density at radius 1 is 1.20 bits per heavy atom. The molecule has 1 heterocycles. The summed E-state index contributed by atoms with van der Waals surface area (Å²) in [4.78, 5) is 26.0. The van der Waals surface area contributed by atoms with Crippen LogP contribution >= 0.6 is 0 Å². The van der Waals surface area contributed by atoms with E-state index < -0.39 is 0 Å². The molecular weight excluding hydrogens is 196 g/mol. The number of amides is 1. The van der Waals surface area contributed by atoms with E-state index in [4.69, 9.17) is 4.74 Å². The molecule has 15 heavy (non-hydrogen) atoms. The van der Waals surface area contributed by atoms with Crippen molar-refractivity contribution in [2.75, 3.05) is 39.3 Å². The van der Waals surface area contributed by atoms with Crippen molar-refractivity contribution < 1.29 is 14.3 Å². The zero-order chi connectivity index (χ0) is 11.3. The molecule has 1 aliphatic rings. The molecule has 0 radical (unpaired) electrons. The first-order chi connectivity index (χ1) is 7.13. The molecule has 0 aliphatic carbocycles. The lowest BCUT2D eigenvalue weighted by Gasteiger charge is -2.33. The summed E-state index contributed by atoms with van der Waals surface area (Å²) in [6.45, 7) is 7.06. The van der Waals surface area contributed by atoms with Gasteiger partial charge in [0.1, 0.15) is 5.78 Å². The van der Waals surface area contributed by atoms with Crippen LogP contribution in [-0.2, 0) is 9.53 Å². The third-order valence-electron chi connectivity index (χ3n) is 2.34. The number of ether oxygens (including phenoxy) is 1. The predicted octanol–water partition coefficient (Wildman–Crippen LogP) is 0.349. The Hall–Kier alpha value is -1.10. The van der Waals surface area contributed by atoms with Crippen LogP contribution in [0.15, 0.2) is 0 Å². The standard InChI is InChI=1S/C10H18N2O3/c1-3-15-10(14)12-6-4-11(5-7-12)8-9(2)13/h3-8H2,1-2H3. The topological polar surface area (TPSA) is 49.9 Å². The van der Waals surface area contributed by atoms with Gasteiger partial charge < -0.3 is 9.64 Å². The smallest absolute Gasteiger partial charge is 0.409 e. The van der Waals surface area contributed by atoms with Crippen LogP contribution in [0.5, 0.6) is 0 Å². The number of nitrogens with zero attached hydrogens (tertiary/aromatic N) is 2. The van der Waals surface area contributed by atoms with Crippen molar-refractivity contribution in [1.82, 2.24) is 9.80 Å². The molecule has 0 spiro atoms. The van der Waals surface area contributed by atoms with E-state index in [9.17, 15) is 9.59 Å². The molecule has 0 atom stereocenters. The van der Waals surface area contributed by atoms with Gasteiger partial charge in [0.2, 0.25) is 0 Å². The van der Waals surface area contributed by atoms with E-state index in [0.29, 0.717) is 26.2 Å². The molecule has 0 aromatic rings. The molecular formula is C10H18N2O3. The second kappa shape index (κ2) is 5.70. The summed E-state index contributed by atoms with van der Waals surface area (Å²) >= 11 is 0. The number of hydrogen-bond donors (Lipinski definition) is 0. The van der Waals surface area contributed by atoms with Crippen molar-refractivity contribution >= 4 is 11.9 Å². The Balaban J connectivity index is 2.29. The van der Waals surface area contributed by atoms with Gasteiger partial charge in [0.05, 0.1) is 13.2 Å². The largest absolute Gasteiger partial charge is 0.450 e. The fourth-order valence-corrected chi connectivity index (χ4v) is 1.62. The van der Waals surface area contributed by atoms with Crippen LogP contribution in [0.3, 0.4) is 0 Å². The third-order valence-corrected chi connectivity index (χ3v) is 2.34. The first-order valence-corrected chi connectivity index (χ1v) is 5.27. The van der Waals surface area contributed by atoms with Crippen molar-refractivity contribution in [3.8, 4) is 0 Å². The molecule has 86 valence electrons. The summed E-state index contributed by atoms with van der Waals surface area (Å²) in [5.41, 5.74) is 0. The lowest BCUT2D eigenvalue weighted by atomic mass is 10.3. The van der Waals surface area contributed by atoms with Crippen LogP contribution < -0.4 is 0 Å². The van der Waals surface area contributed by atoms with E-state index in [0.717, 1.165) is 13.1 Å². The second-order valence-corrected chi connectivity index (χ2v) is 3.66. The maximum Gasteiger partial charge on any atom is 0.409 e. The molecule has 5 nitrogen and oxygen atoms in total. The van der Waals surface area contributed by atoms with E-state index in [-0.39, 0.29) is 11.9 Å². The zero-order valence-electron chi connectivity index (χ0n) is 9.36. The SMILES string of the molecule is CCOC(=O)N1CCN(CC(C)=O)CC1. The molecule has 0 aromatic carbocycles. The minimum Gasteiger partial charge on any atom is -0.450 e. The quantitative estimate of drug-likeness (QED) is 0.680. The molecule has 0 unspecified atom stereocenters. The van der Waals surface area contributed by atoms with Crippen molar-refractivity contribution in [2.24, 2.45) is 0 Å². The van der Waals surface area contributed by atoms with Crippen molar-refractivity contribution in [2.45, 2.75) is 13.8 Å². The minimum atomic E-state index is -0.250. The predicted molar refractivity (Wildman–Crippen MR) is 55.7 cm³/mol. The first-order valence-electron chi connectivity index (χ1n) is 5.27. The molecule has 5 heteroatoms. The highest BCUT2D eigenvalue weighted by molar-refractivity contribution is 5.77. The summed E-state index contributed by atoms with van der Waals surface area (Å²) in [6, 6.07) is 0. The number of carbonyl (C=O) groups is 2. The third kappa shape index (κ3) is 3.87. The molecule has 0 bridgehead atoms. The van der Waals surface area contributed by atoms with Gasteiger partial charge in [-0.05, 0) is 13.8 Å². The van der Waals surface area contributed by atoms with Gasteiger partial charge >= 0.3 is 6.09 Å². The van der Waals surface area contributed by atoms with Crippen LogP contribution in [0.2, 0.25) is 0 Å². The number of Topliss-reactive ketones (excluding diaryl/α,β-unsaturated/α-hetero) is 1. The van der Waals surface area contributed by atoms with Crippen LogP contribution in [0, 0.1) is 0 Å². The fourth-order valence-electron chi connectivity index (χ4n) is 1.62. The number of rotatable bonds is 3. The maximum atomic E-state index is 11.3. The molecule has 1 rings (SSSR count). The van der Waals surface area contributed by atoms with Crippen LogP contribution in [-0.4, -0.2) is 61.0 Å². The molecule has 1 fully saturated rings. The Morgan fingerprint density at radius 2 is 1.80 bits per heavy atom. The molecule has 0 saturated carbocycles. The van der Waals surface area contributed by atoms with Gasteiger partial charge in [-0.25, -0.2) is 4.79 Å². The number of hydrogen-bond acceptors (Lipinski definition) is 4. The van der Waals surface area contributed by atoms with E-state index in [1.807, 2.05) is 0 Å². The van der Waals surface area contributed by atoms with Crippen molar-refractivity contribution in [1.29, 1.82) is 0 Å². The Labute approximate surface area is 90.0 Å². The second-order valence-electron chi connectivity index (χ2n) is 3.66. The lowest BCUT2D eigenvalue weighted by Crippen LogP contribution is -2.49. The van der Waals surface area contributed by atoms with Crippen LogP contribution in [0.1, 0.15) is 13.8 Å². The van der Waals surface area contributed by atoms with Gasteiger partial charge in [-0.1, -0.05) is 0 Å². The van der Waals surface area contributed by atoms with Gasteiger partial charge in [-0.2, -0.15) is 0 Å².